The quantitative estimate of drug-likeness (QED) is 0.903. The molecule has 0 amide bonds. The first-order valence-corrected chi connectivity index (χ1v) is 7.38. The van der Waals surface area contributed by atoms with Gasteiger partial charge in [0.05, 0.1) is 23.8 Å². The number of likely N-dealkylation sites (N-methyl/N-ethyl adjacent to an activating group) is 1. The van der Waals surface area contributed by atoms with Crippen molar-refractivity contribution in [3.63, 3.8) is 0 Å². The highest BCUT2D eigenvalue weighted by Crippen LogP contribution is 2.23. The Morgan fingerprint density at radius 2 is 2.16 bits per heavy atom. The van der Waals surface area contributed by atoms with Gasteiger partial charge in [-0.15, -0.1) is 0 Å². The van der Waals surface area contributed by atoms with Crippen LogP contribution in [0.3, 0.4) is 0 Å². The summed E-state index contributed by atoms with van der Waals surface area (Å²) >= 11 is 0. The third-order valence-corrected chi connectivity index (χ3v) is 3.81. The molecule has 1 aliphatic heterocycles. The lowest BCUT2D eigenvalue weighted by Crippen LogP contribution is -2.39. The molecule has 4 nitrogen and oxygen atoms in total. The van der Waals surface area contributed by atoms with E-state index < -0.39 is 0 Å². The fraction of sp³-hybridized carbons (Fsp3) is 0.667. The molecule has 0 saturated carbocycles. The van der Waals surface area contributed by atoms with E-state index >= 15 is 0 Å². The normalized spacial score (nSPS) is 21.2. The summed E-state index contributed by atoms with van der Waals surface area (Å²) < 4.78 is 0. The number of hydrogen-bond donors (Lipinski definition) is 1. The van der Waals surface area contributed by atoms with Crippen LogP contribution in [0.15, 0.2) is 18.5 Å². The van der Waals surface area contributed by atoms with Crippen molar-refractivity contribution in [2.45, 2.75) is 32.7 Å². The summed E-state index contributed by atoms with van der Waals surface area (Å²) in [5, 5.41) is 3.34. The van der Waals surface area contributed by atoms with Gasteiger partial charge in [0, 0.05) is 25.7 Å². The number of nitrogens with zero attached hydrogens (tertiary/aromatic N) is 3. The minimum atomic E-state index is 0.589. The number of anilines is 2. The Balaban J connectivity index is 2.19. The Morgan fingerprint density at radius 1 is 1.32 bits per heavy atom. The van der Waals surface area contributed by atoms with Gasteiger partial charge in [-0.05, 0) is 39.4 Å². The number of nitrogens with one attached hydrogen (secondary N) is 1. The molecule has 0 bridgehead atoms. The minimum Gasteiger partial charge on any atom is -0.384 e. The Labute approximate surface area is 116 Å². The van der Waals surface area contributed by atoms with Gasteiger partial charge < -0.3 is 15.1 Å². The van der Waals surface area contributed by atoms with Crippen LogP contribution in [0.1, 0.15) is 26.7 Å². The smallest absolute Gasteiger partial charge is 0.0576 e. The zero-order valence-corrected chi connectivity index (χ0v) is 12.4. The van der Waals surface area contributed by atoms with E-state index in [0.29, 0.717) is 6.04 Å². The van der Waals surface area contributed by atoms with Gasteiger partial charge >= 0.3 is 0 Å². The molecule has 1 aromatic heterocycles. The molecule has 19 heavy (non-hydrogen) atoms. The van der Waals surface area contributed by atoms with Crippen LogP contribution < -0.4 is 10.2 Å². The molecular weight excluding hydrogens is 236 g/mol. The SMILES string of the molecule is CCNc1cncc(N2CCCN(C)CC2CC)c1. The summed E-state index contributed by atoms with van der Waals surface area (Å²) in [5.74, 6) is 0. The van der Waals surface area contributed by atoms with Gasteiger partial charge in [-0.25, -0.2) is 0 Å². The van der Waals surface area contributed by atoms with Gasteiger partial charge in [0.25, 0.3) is 0 Å². The number of rotatable bonds is 4. The molecule has 1 saturated heterocycles. The maximum Gasteiger partial charge on any atom is 0.0576 e. The summed E-state index contributed by atoms with van der Waals surface area (Å²) in [6.45, 7) is 8.78. The molecule has 1 aromatic rings. The molecule has 0 spiro atoms. The molecule has 0 aliphatic carbocycles. The van der Waals surface area contributed by atoms with Crippen LogP contribution in [-0.4, -0.2) is 49.2 Å². The molecule has 1 fully saturated rings. The van der Waals surface area contributed by atoms with Crippen molar-refractivity contribution in [2.75, 3.05) is 43.4 Å². The Bertz CT molecular complexity index is 393. The number of aromatic nitrogens is 1. The van der Waals surface area contributed by atoms with Crippen LogP contribution in [0.5, 0.6) is 0 Å². The lowest BCUT2D eigenvalue weighted by molar-refractivity contribution is 0.328. The van der Waals surface area contributed by atoms with E-state index in [0.717, 1.165) is 25.3 Å². The molecule has 1 aliphatic rings. The van der Waals surface area contributed by atoms with E-state index in [9.17, 15) is 0 Å². The molecule has 0 radical (unpaired) electrons. The summed E-state index contributed by atoms with van der Waals surface area (Å²) in [5.41, 5.74) is 2.37. The van der Waals surface area contributed by atoms with Gasteiger partial charge in [-0.2, -0.15) is 0 Å². The molecular formula is C15H26N4. The van der Waals surface area contributed by atoms with Crippen LogP contribution in [0.25, 0.3) is 0 Å². The van der Waals surface area contributed by atoms with E-state index in [1.165, 1.54) is 25.1 Å². The van der Waals surface area contributed by atoms with E-state index in [2.05, 4.69) is 47.1 Å². The maximum atomic E-state index is 4.38. The zero-order chi connectivity index (χ0) is 13.7. The lowest BCUT2D eigenvalue weighted by Gasteiger charge is -2.32. The fourth-order valence-corrected chi connectivity index (χ4v) is 2.82. The van der Waals surface area contributed by atoms with Crippen molar-refractivity contribution in [3.05, 3.63) is 18.5 Å². The molecule has 2 rings (SSSR count). The second-order valence-corrected chi connectivity index (χ2v) is 5.33. The maximum absolute atomic E-state index is 4.38. The standard InChI is InChI=1S/C15H26N4/c1-4-14-12-18(3)7-6-8-19(14)15-9-13(17-5-2)10-16-11-15/h9-11,14,17H,4-8,12H2,1-3H3. The largest absolute Gasteiger partial charge is 0.384 e. The van der Waals surface area contributed by atoms with Crippen LogP contribution >= 0.6 is 0 Å². The second kappa shape index (κ2) is 6.75. The molecule has 106 valence electrons. The van der Waals surface area contributed by atoms with Crippen molar-refractivity contribution in [1.82, 2.24) is 9.88 Å². The summed E-state index contributed by atoms with van der Waals surface area (Å²) in [6, 6.07) is 2.82. The van der Waals surface area contributed by atoms with Gasteiger partial charge in [-0.3, -0.25) is 4.98 Å². The van der Waals surface area contributed by atoms with Crippen LogP contribution in [0.2, 0.25) is 0 Å². The van der Waals surface area contributed by atoms with Crippen molar-refractivity contribution < 1.29 is 0 Å². The Morgan fingerprint density at radius 3 is 2.89 bits per heavy atom. The van der Waals surface area contributed by atoms with Gasteiger partial charge in [0.2, 0.25) is 0 Å². The monoisotopic (exact) mass is 262 g/mol. The van der Waals surface area contributed by atoms with Crippen molar-refractivity contribution in [3.8, 4) is 0 Å². The molecule has 4 heteroatoms. The van der Waals surface area contributed by atoms with E-state index in [4.69, 9.17) is 0 Å². The first-order valence-electron chi connectivity index (χ1n) is 7.38. The van der Waals surface area contributed by atoms with E-state index in [-0.39, 0.29) is 0 Å². The zero-order valence-electron chi connectivity index (χ0n) is 12.4. The van der Waals surface area contributed by atoms with Gasteiger partial charge in [0.15, 0.2) is 0 Å². The first-order chi connectivity index (χ1) is 9.24. The van der Waals surface area contributed by atoms with Gasteiger partial charge in [0.1, 0.15) is 0 Å². The Hall–Kier alpha value is -1.29. The van der Waals surface area contributed by atoms with Crippen molar-refractivity contribution in [2.24, 2.45) is 0 Å². The Kier molecular flexibility index (Phi) is 5.02. The van der Waals surface area contributed by atoms with Crippen LogP contribution in [0.4, 0.5) is 11.4 Å². The predicted molar refractivity (Wildman–Crippen MR) is 81.9 cm³/mol. The molecule has 2 heterocycles. The number of hydrogen-bond acceptors (Lipinski definition) is 4. The first kappa shape index (κ1) is 14.1. The van der Waals surface area contributed by atoms with Gasteiger partial charge in [-0.1, -0.05) is 6.92 Å². The number of pyridine rings is 1. The third kappa shape index (κ3) is 3.60. The highest BCUT2D eigenvalue weighted by atomic mass is 15.2. The minimum absolute atomic E-state index is 0.589. The average molecular weight is 262 g/mol. The molecule has 1 atom stereocenters. The summed E-state index contributed by atoms with van der Waals surface area (Å²) in [7, 11) is 2.22. The predicted octanol–water partition coefficient (Wildman–Crippen LogP) is 2.43. The van der Waals surface area contributed by atoms with Crippen molar-refractivity contribution in [1.29, 1.82) is 0 Å². The lowest BCUT2D eigenvalue weighted by atomic mass is 10.1. The third-order valence-electron chi connectivity index (χ3n) is 3.81. The highest BCUT2D eigenvalue weighted by molar-refractivity contribution is 5.56. The van der Waals surface area contributed by atoms with Crippen LogP contribution in [-0.2, 0) is 0 Å². The van der Waals surface area contributed by atoms with E-state index in [1.807, 2.05) is 12.4 Å². The topological polar surface area (TPSA) is 31.4 Å². The summed E-state index contributed by atoms with van der Waals surface area (Å²) in [4.78, 5) is 9.34. The molecule has 1 N–H and O–H groups in total. The average Bonchev–Trinajstić information content (AvgIpc) is 2.61. The van der Waals surface area contributed by atoms with E-state index in [1.54, 1.807) is 0 Å². The second-order valence-electron chi connectivity index (χ2n) is 5.33. The fourth-order valence-electron chi connectivity index (χ4n) is 2.82. The van der Waals surface area contributed by atoms with Crippen molar-refractivity contribution >= 4 is 11.4 Å². The summed E-state index contributed by atoms with van der Waals surface area (Å²) in [6.07, 6.45) is 6.29. The highest BCUT2D eigenvalue weighted by Gasteiger charge is 2.22. The van der Waals surface area contributed by atoms with Crippen LogP contribution in [0, 0.1) is 0 Å². The molecule has 0 aromatic carbocycles. The molecule has 1 unspecified atom stereocenters.